The molecule has 4 atom stereocenters. The highest BCUT2D eigenvalue weighted by molar-refractivity contribution is 5.66. The average Bonchev–Trinajstić information content (AvgIpc) is 3.48. The summed E-state index contributed by atoms with van der Waals surface area (Å²) in [7, 11) is 0. The number of benzene rings is 1. The number of phenolic OH excluding ortho intramolecular Hbond substituents is 1. The Morgan fingerprint density at radius 2 is 2.06 bits per heavy atom. The van der Waals surface area contributed by atoms with Gasteiger partial charge in [0.2, 0.25) is 0 Å². The second-order valence-corrected chi connectivity index (χ2v) is 10.4. The number of nitrogens with zero attached hydrogens (tertiary/aromatic N) is 8. The van der Waals surface area contributed by atoms with E-state index in [1.807, 2.05) is 13.0 Å². The molecule has 3 fully saturated rings. The van der Waals surface area contributed by atoms with Gasteiger partial charge in [-0.2, -0.15) is 5.26 Å². The molecule has 2 aromatic heterocycles. The van der Waals surface area contributed by atoms with Crippen molar-refractivity contribution >= 4 is 5.82 Å². The second kappa shape index (κ2) is 7.68. The molecule has 0 amide bonds. The van der Waals surface area contributed by atoms with Crippen LogP contribution in [0.3, 0.4) is 0 Å². The van der Waals surface area contributed by atoms with Gasteiger partial charge in [-0.25, -0.2) is 14.1 Å². The third kappa shape index (κ3) is 3.69. The van der Waals surface area contributed by atoms with Crippen molar-refractivity contribution in [2.24, 2.45) is 0 Å². The Morgan fingerprint density at radius 1 is 1.23 bits per heavy atom. The van der Waals surface area contributed by atoms with Crippen molar-refractivity contribution in [1.82, 2.24) is 35.5 Å². The first-order valence-corrected chi connectivity index (χ1v) is 11.9. The van der Waals surface area contributed by atoms with Crippen molar-refractivity contribution in [1.29, 1.82) is 5.26 Å². The van der Waals surface area contributed by atoms with Gasteiger partial charge in [0, 0.05) is 23.2 Å². The number of phenols is 1. The zero-order valence-electron chi connectivity index (χ0n) is 19.6. The predicted molar refractivity (Wildman–Crippen MR) is 125 cm³/mol. The van der Waals surface area contributed by atoms with Gasteiger partial charge in [-0.3, -0.25) is 0 Å². The van der Waals surface area contributed by atoms with E-state index in [0.29, 0.717) is 23.5 Å². The van der Waals surface area contributed by atoms with Crippen LogP contribution in [0.1, 0.15) is 51.6 Å². The molecule has 2 aliphatic heterocycles. The molecule has 0 spiro atoms. The van der Waals surface area contributed by atoms with E-state index in [0.717, 1.165) is 25.7 Å². The van der Waals surface area contributed by atoms with Crippen LogP contribution < -0.4 is 10.2 Å². The fourth-order valence-corrected chi connectivity index (χ4v) is 5.72. The summed E-state index contributed by atoms with van der Waals surface area (Å²) in [6.45, 7) is 4.17. The number of hydrogen-bond acceptors (Lipinski definition) is 9. The number of nitriles is 1. The summed E-state index contributed by atoms with van der Waals surface area (Å²) in [4.78, 5) is 6.57. The van der Waals surface area contributed by atoms with E-state index in [2.05, 4.69) is 42.6 Å². The van der Waals surface area contributed by atoms with Crippen LogP contribution in [-0.2, 0) is 0 Å². The van der Waals surface area contributed by atoms with Gasteiger partial charge in [-0.1, -0.05) is 5.21 Å². The Kier molecular flexibility index (Phi) is 4.79. The average molecular weight is 476 g/mol. The van der Waals surface area contributed by atoms with Crippen LogP contribution in [0.25, 0.3) is 17.1 Å². The number of hydrogen-bond donors (Lipinski definition) is 2. The molecular weight excluding hydrogens is 449 g/mol. The maximum atomic E-state index is 15.8. The van der Waals surface area contributed by atoms with Crippen LogP contribution in [0.4, 0.5) is 10.2 Å². The summed E-state index contributed by atoms with van der Waals surface area (Å²) >= 11 is 0. The van der Waals surface area contributed by atoms with Crippen molar-refractivity contribution in [3.05, 3.63) is 36.3 Å². The first-order valence-electron chi connectivity index (χ1n) is 11.9. The molecule has 3 aromatic rings. The molecule has 0 unspecified atom stereocenters. The lowest BCUT2D eigenvalue weighted by atomic mass is 9.82. The number of piperidine rings is 1. The first kappa shape index (κ1) is 21.9. The van der Waals surface area contributed by atoms with Crippen LogP contribution >= 0.6 is 0 Å². The molecule has 4 heterocycles. The lowest BCUT2D eigenvalue weighted by molar-refractivity contribution is 0.0831. The number of anilines is 1. The van der Waals surface area contributed by atoms with E-state index in [1.165, 1.54) is 16.9 Å². The van der Waals surface area contributed by atoms with Gasteiger partial charge in [0.15, 0.2) is 17.3 Å². The standard InChI is InChI=1S/C24H26FN9O/c1-23-7-8-24(2,31-23)21(25)18(10-23)34(15-3-4-15)20-12-27-22(30-29-20)17-6-5-16(9-19(17)35)33-13-14(11-26)28-32-33/h5-6,9,12-13,15,18,21,31,35H,3-4,7-8,10H2,1-2H3/t18-,21-,23-,24+/m0/s1. The molecular formula is C24H26FN9O. The molecule has 6 rings (SSSR count). The van der Waals surface area contributed by atoms with Gasteiger partial charge in [-0.05, 0) is 58.1 Å². The van der Waals surface area contributed by atoms with Gasteiger partial charge < -0.3 is 15.3 Å². The Labute approximate surface area is 201 Å². The second-order valence-electron chi connectivity index (χ2n) is 10.4. The molecule has 10 nitrogen and oxygen atoms in total. The van der Waals surface area contributed by atoms with Gasteiger partial charge in [-0.15, -0.1) is 15.3 Å². The van der Waals surface area contributed by atoms with E-state index in [9.17, 15) is 5.11 Å². The predicted octanol–water partition coefficient (Wildman–Crippen LogP) is 2.68. The summed E-state index contributed by atoms with van der Waals surface area (Å²) in [5.41, 5.74) is 0.520. The summed E-state index contributed by atoms with van der Waals surface area (Å²) in [5.74, 6) is 0.788. The van der Waals surface area contributed by atoms with Crippen LogP contribution in [0.15, 0.2) is 30.6 Å². The number of halogens is 1. The minimum Gasteiger partial charge on any atom is -0.507 e. The Hall–Kier alpha value is -3.65. The third-order valence-electron chi connectivity index (χ3n) is 7.60. The molecule has 1 aliphatic carbocycles. The van der Waals surface area contributed by atoms with E-state index in [1.54, 1.807) is 18.3 Å². The van der Waals surface area contributed by atoms with Crippen LogP contribution in [-0.4, -0.2) is 64.6 Å². The SMILES string of the molecule is C[C@@]12CC[C@@](C)(N1)[C@@H](F)[C@@H](N(c1cnc(-c3ccc(-n4cc(C#N)nn4)cc3O)nn1)C1CC1)C2. The highest BCUT2D eigenvalue weighted by atomic mass is 19.1. The molecule has 2 N–H and O–H groups in total. The monoisotopic (exact) mass is 475 g/mol. The molecule has 180 valence electrons. The topological polar surface area (TPSA) is 129 Å². The number of fused-ring (bicyclic) bond motifs is 2. The van der Waals surface area contributed by atoms with E-state index in [-0.39, 0.29) is 34.9 Å². The Bertz CT molecular complexity index is 1320. The van der Waals surface area contributed by atoms with Crippen molar-refractivity contribution in [2.45, 2.75) is 75.3 Å². The van der Waals surface area contributed by atoms with Crippen LogP contribution in [0.5, 0.6) is 5.75 Å². The molecule has 2 saturated heterocycles. The molecule has 1 saturated carbocycles. The van der Waals surface area contributed by atoms with Crippen molar-refractivity contribution in [3.8, 4) is 28.9 Å². The largest absolute Gasteiger partial charge is 0.507 e. The number of aromatic nitrogens is 6. The van der Waals surface area contributed by atoms with Crippen molar-refractivity contribution in [3.63, 3.8) is 0 Å². The maximum Gasteiger partial charge on any atom is 0.185 e. The molecule has 1 aromatic carbocycles. The Balaban J connectivity index is 1.28. The third-order valence-corrected chi connectivity index (χ3v) is 7.60. The number of aromatic hydroxyl groups is 1. The highest BCUT2D eigenvalue weighted by Crippen LogP contribution is 2.47. The number of alkyl halides is 1. The van der Waals surface area contributed by atoms with E-state index >= 15 is 4.39 Å². The van der Waals surface area contributed by atoms with Gasteiger partial charge in [0.1, 0.15) is 18.0 Å². The summed E-state index contributed by atoms with van der Waals surface area (Å²) in [5, 5.41) is 39.4. The lowest BCUT2D eigenvalue weighted by Crippen LogP contribution is -2.66. The van der Waals surface area contributed by atoms with Crippen LogP contribution in [0.2, 0.25) is 0 Å². The zero-order chi connectivity index (χ0) is 24.4. The normalized spacial score (nSPS) is 29.7. The highest BCUT2D eigenvalue weighted by Gasteiger charge is 2.58. The zero-order valence-corrected chi connectivity index (χ0v) is 19.6. The number of nitrogens with one attached hydrogen (secondary N) is 1. The van der Waals surface area contributed by atoms with E-state index in [4.69, 9.17) is 5.26 Å². The van der Waals surface area contributed by atoms with Crippen LogP contribution in [0, 0.1) is 11.3 Å². The van der Waals surface area contributed by atoms with Gasteiger partial charge >= 0.3 is 0 Å². The van der Waals surface area contributed by atoms with E-state index < -0.39 is 11.7 Å². The van der Waals surface area contributed by atoms with Gasteiger partial charge in [0.25, 0.3) is 0 Å². The molecule has 0 radical (unpaired) electrons. The fourth-order valence-electron chi connectivity index (χ4n) is 5.72. The van der Waals surface area contributed by atoms with Crippen molar-refractivity contribution < 1.29 is 9.50 Å². The lowest BCUT2D eigenvalue weighted by Gasteiger charge is -2.48. The summed E-state index contributed by atoms with van der Waals surface area (Å²) in [6, 6.07) is 6.77. The molecule has 35 heavy (non-hydrogen) atoms. The smallest absolute Gasteiger partial charge is 0.185 e. The minimum absolute atomic E-state index is 0.0512. The number of rotatable bonds is 5. The molecule has 2 bridgehead atoms. The fraction of sp³-hybridized carbons (Fsp3) is 0.500. The molecule has 3 aliphatic rings. The quantitative estimate of drug-likeness (QED) is 0.572. The Morgan fingerprint density at radius 3 is 2.71 bits per heavy atom. The van der Waals surface area contributed by atoms with Gasteiger partial charge in [0.05, 0.1) is 29.7 Å². The molecule has 11 heteroatoms. The summed E-state index contributed by atoms with van der Waals surface area (Å²) < 4.78 is 17.2. The first-order chi connectivity index (χ1) is 16.8. The summed E-state index contributed by atoms with van der Waals surface area (Å²) in [6.07, 6.45) is 6.59. The maximum absolute atomic E-state index is 15.8. The minimum atomic E-state index is -1.02. The van der Waals surface area contributed by atoms with Crippen molar-refractivity contribution in [2.75, 3.05) is 4.90 Å².